The second-order valence-corrected chi connectivity index (χ2v) is 4.69. The lowest BCUT2D eigenvalue weighted by molar-refractivity contribution is -0.116. The highest BCUT2D eigenvalue weighted by atomic mass is 16.1. The Bertz CT molecular complexity index is 390. The van der Waals surface area contributed by atoms with Gasteiger partial charge >= 0.3 is 0 Å². The minimum Gasteiger partial charge on any atom is -0.376 e. The Balaban J connectivity index is 2.54. The Kier molecular flexibility index (Phi) is 5.58. The predicted molar refractivity (Wildman–Crippen MR) is 74.9 cm³/mol. The summed E-state index contributed by atoms with van der Waals surface area (Å²) in [7, 11) is 3.87. The molecule has 0 fully saturated rings. The van der Waals surface area contributed by atoms with Crippen molar-refractivity contribution >= 4 is 17.3 Å². The fourth-order valence-electron chi connectivity index (χ4n) is 1.56. The van der Waals surface area contributed by atoms with E-state index >= 15 is 0 Å². The van der Waals surface area contributed by atoms with Crippen molar-refractivity contribution in [1.82, 2.24) is 10.3 Å². The molecule has 0 unspecified atom stereocenters. The molecular weight excluding hydrogens is 228 g/mol. The van der Waals surface area contributed by atoms with Crippen molar-refractivity contribution in [2.45, 2.75) is 26.3 Å². The van der Waals surface area contributed by atoms with Crippen molar-refractivity contribution in [3.05, 3.63) is 18.5 Å². The molecule has 1 aromatic heterocycles. The summed E-state index contributed by atoms with van der Waals surface area (Å²) in [5.41, 5.74) is 1.70. The SMILES string of the molecule is CC(C)NCCC(=O)Nc1cnccc1N(C)C. The smallest absolute Gasteiger partial charge is 0.225 e. The van der Waals surface area contributed by atoms with Crippen LogP contribution in [0.3, 0.4) is 0 Å². The maximum Gasteiger partial charge on any atom is 0.225 e. The largest absolute Gasteiger partial charge is 0.376 e. The van der Waals surface area contributed by atoms with E-state index in [0.717, 1.165) is 11.4 Å². The van der Waals surface area contributed by atoms with Gasteiger partial charge in [-0.1, -0.05) is 13.8 Å². The van der Waals surface area contributed by atoms with E-state index in [1.807, 2.05) is 25.1 Å². The predicted octanol–water partition coefficient (Wildman–Crippen LogP) is 1.47. The summed E-state index contributed by atoms with van der Waals surface area (Å²) >= 11 is 0. The Morgan fingerprint density at radius 1 is 1.44 bits per heavy atom. The lowest BCUT2D eigenvalue weighted by Gasteiger charge is -2.17. The van der Waals surface area contributed by atoms with Gasteiger partial charge in [0, 0.05) is 39.3 Å². The lowest BCUT2D eigenvalue weighted by Crippen LogP contribution is -2.27. The van der Waals surface area contributed by atoms with Gasteiger partial charge in [0.25, 0.3) is 0 Å². The molecule has 0 saturated heterocycles. The maximum atomic E-state index is 11.8. The zero-order chi connectivity index (χ0) is 13.5. The van der Waals surface area contributed by atoms with Crippen LogP contribution in [0.15, 0.2) is 18.5 Å². The molecule has 1 amide bonds. The van der Waals surface area contributed by atoms with Crippen molar-refractivity contribution in [2.75, 3.05) is 30.9 Å². The van der Waals surface area contributed by atoms with Gasteiger partial charge < -0.3 is 15.5 Å². The third-order valence-corrected chi connectivity index (χ3v) is 2.46. The zero-order valence-corrected chi connectivity index (χ0v) is 11.5. The molecule has 1 rings (SSSR count). The number of carbonyl (C=O) groups excluding carboxylic acids is 1. The third kappa shape index (κ3) is 4.71. The molecule has 5 nitrogen and oxygen atoms in total. The van der Waals surface area contributed by atoms with Crippen LogP contribution in [0.25, 0.3) is 0 Å². The average Bonchev–Trinajstić information content (AvgIpc) is 2.28. The quantitative estimate of drug-likeness (QED) is 0.803. The summed E-state index contributed by atoms with van der Waals surface area (Å²) in [6.07, 6.45) is 3.84. The molecule has 0 bridgehead atoms. The third-order valence-electron chi connectivity index (χ3n) is 2.46. The van der Waals surface area contributed by atoms with Crippen LogP contribution in [0.4, 0.5) is 11.4 Å². The molecule has 1 aromatic rings. The number of aromatic nitrogens is 1. The van der Waals surface area contributed by atoms with Crippen LogP contribution in [0.1, 0.15) is 20.3 Å². The topological polar surface area (TPSA) is 57.3 Å². The van der Waals surface area contributed by atoms with Crippen LogP contribution >= 0.6 is 0 Å². The molecule has 0 aliphatic carbocycles. The summed E-state index contributed by atoms with van der Waals surface area (Å²) in [4.78, 5) is 17.8. The van der Waals surface area contributed by atoms with Crippen molar-refractivity contribution in [3.8, 4) is 0 Å². The molecule has 1 heterocycles. The number of anilines is 2. The molecule has 100 valence electrons. The summed E-state index contributed by atoms with van der Waals surface area (Å²) in [5, 5.41) is 6.10. The van der Waals surface area contributed by atoms with Crippen LogP contribution < -0.4 is 15.5 Å². The first-order valence-electron chi connectivity index (χ1n) is 6.15. The second kappa shape index (κ2) is 6.96. The minimum atomic E-state index is -0.000694. The van der Waals surface area contributed by atoms with Gasteiger partial charge in [0.1, 0.15) is 0 Å². The fraction of sp³-hybridized carbons (Fsp3) is 0.538. The van der Waals surface area contributed by atoms with Gasteiger partial charge in [-0.25, -0.2) is 0 Å². The maximum absolute atomic E-state index is 11.8. The van der Waals surface area contributed by atoms with E-state index in [1.165, 1.54) is 0 Å². The molecular formula is C13H22N4O. The van der Waals surface area contributed by atoms with E-state index < -0.39 is 0 Å². The molecule has 0 atom stereocenters. The molecule has 18 heavy (non-hydrogen) atoms. The number of carbonyl (C=O) groups is 1. The van der Waals surface area contributed by atoms with Crippen LogP contribution in [-0.2, 0) is 4.79 Å². The summed E-state index contributed by atoms with van der Waals surface area (Å²) in [5.74, 6) is -0.000694. The van der Waals surface area contributed by atoms with E-state index in [4.69, 9.17) is 0 Å². The number of pyridine rings is 1. The summed E-state index contributed by atoms with van der Waals surface area (Å²) in [6.45, 7) is 4.80. The molecule has 5 heteroatoms. The van der Waals surface area contributed by atoms with Gasteiger partial charge in [0.2, 0.25) is 5.91 Å². The Labute approximate surface area is 109 Å². The number of hydrogen-bond donors (Lipinski definition) is 2. The van der Waals surface area contributed by atoms with E-state index in [1.54, 1.807) is 12.4 Å². The van der Waals surface area contributed by atoms with Gasteiger partial charge in [0.15, 0.2) is 0 Å². The van der Waals surface area contributed by atoms with Crippen LogP contribution in [0, 0.1) is 0 Å². The summed E-state index contributed by atoms with van der Waals surface area (Å²) in [6, 6.07) is 2.27. The van der Waals surface area contributed by atoms with E-state index in [0.29, 0.717) is 19.0 Å². The van der Waals surface area contributed by atoms with Crippen molar-refractivity contribution < 1.29 is 4.79 Å². The first-order chi connectivity index (χ1) is 8.50. The Morgan fingerprint density at radius 3 is 2.78 bits per heavy atom. The zero-order valence-electron chi connectivity index (χ0n) is 11.5. The normalized spacial score (nSPS) is 10.5. The lowest BCUT2D eigenvalue weighted by atomic mass is 10.3. The van der Waals surface area contributed by atoms with E-state index in [-0.39, 0.29) is 5.91 Å². The first kappa shape index (κ1) is 14.4. The fourth-order valence-corrected chi connectivity index (χ4v) is 1.56. The molecule has 0 aliphatic rings. The standard InChI is InChI=1S/C13H22N4O/c1-10(2)15-8-6-13(18)16-11-9-14-7-5-12(11)17(3)4/h5,7,9-10,15H,6,8H2,1-4H3,(H,16,18). The molecule has 0 aromatic carbocycles. The molecule has 2 N–H and O–H groups in total. The van der Waals surface area contributed by atoms with Gasteiger partial charge in [-0.2, -0.15) is 0 Å². The summed E-state index contributed by atoms with van der Waals surface area (Å²) < 4.78 is 0. The number of amides is 1. The van der Waals surface area contributed by atoms with Crippen molar-refractivity contribution in [3.63, 3.8) is 0 Å². The van der Waals surface area contributed by atoms with Gasteiger partial charge in [-0.3, -0.25) is 9.78 Å². The highest BCUT2D eigenvalue weighted by molar-refractivity contribution is 5.94. The number of nitrogens with zero attached hydrogens (tertiary/aromatic N) is 2. The molecule has 0 spiro atoms. The second-order valence-electron chi connectivity index (χ2n) is 4.69. The Hall–Kier alpha value is -1.62. The monoisotopic (exact) mass is 250 g/mol. The Morgan fingerprint density at radius 2 is 2.17 bits per heavy atom. The van der Waals surface area contributed by atoms with Crippen LogP contribution in [0.2, 0.25) is 0 Å². The minimum absolute atomic E-state index is 0.000694. The highest BCUT2D eigenvalue weighted by Crippen LogP contribution is 2.22. The number of nitrogens with one attached hydrogen (secondary N) is 2. The number of rotatable bonds is 6. The molecule has 0 aliphatic heterocycles. The number of hydrogen-bond acceptors (Lipinski definition) is 4. The van der Waals surface area contributed by atoms with Crippen LogP contribution in [0.5, 0.6) is 0 Å². The van der Waals surface area contributed by atoms with Crippen LogP contribution in [-0.4, -0.2) is 37.6 Å². The van der Waals surface area contributed by atoms with E-state index in [9.17, 15) is 4.79 Å². The van der Waals surface area contributed by atoms with Gasteiger partial charge in [-0.05, 0) is 6.07 Å². The van der Waals surface area contributed by atoms with Crippen molar-refractivity contribution in [2.24, 2.45) is 0 Å². The average molecular weight is 250 g/mol. The highest BCUT2D eigenvalue weighted by Gasteiger charge is 2.08. The molecule has 0 saturated carbocycles. The van der Waals surface area contributed by atoms with Gasteiger partial charge in [0.05, 0.1) is 17.6 Å². The van der Waals surface area contributed by atoms with E-state index in [2.05, 4.69) is 29.5 Å². The molecule has 0 radical (unpaired) electrons. The van der Waals surface area contributed by atoms with Gasteiger partial charge in [-0.15, -0.1) is 0 Å². The first-order valence-corrected chi connectivity index (χ1v) is 6.15. The van der Waals surface area contributed by atoms with Crippen molar-refractivity contribution in [1.29, 1.82) is 0 Å².